The van der Waals surface area contributed by atoms with Crippen molar-refractivity contribution >= 4 is 23.5 Å². The van der Waals surface area contributed by atoms with Crippen LogP contribution in [0.4, 0.5) is 5.69 Å². The van der Waals surface area contributed by atoms with Crippen LogP contribution >= 0.6 is 0 Å². The van der Waals surface area contributed by atoms with Crippen molar-refractivity contribution in [3.05, 3.63) is 101 Å². The lowest BCUT2D eigenvalue weighted by Crippen LogP contribution is -2.29. The van der Waals surface area contributed by atoms with Gasteiger partial charge in [-0.25, -0.2) is 9.59 Å². The molecule has 0 radical (unpaired) electrons. The summed E-state index contributed by atoms with van der Waals surface area (Å²) in [4.78, 5) is 39.6. The molecule has 9 nitrogen and oxygen atoms in total. The Morgan fingerprint density at radius 2 is 1.53 bits per heavy atom. The van der Waals surface area contributed by atoms with E-state index in [0.29, 0.717) is 39.5 Å². The zero-order valence-electron chi connectivity index (χ0n) is 21.1. The summed E-state index contributed by atoms with van der Waals surface area (Å²) in [6.45, 7) is 2.01. The summed E-state index contributed by atoms with van der Waals surface area (Å²) in [5, 5.41) is 7.41. The summed E-state index contributed by atoms with van der Waals surface area (Å²) in [6.07, 6.45) is 0. The second-order valence-corrected chi connectivity index (χ2v) is 8.55. The molecule has 0 fully saturated rings. The summed E-state index contributed by atoms with van der Waals surface area (Å²) in [5.74, 6) is -0.445. The molecule has 1 aromatic heterocycles. The minimum absolute atomic E-state index is 0.266. The fourth-order valence-electron chi connectivity index (χ4n) is 4.59. The highest BCUT2D eigenvalue weighted by atomic mass is 16.5. The van der Waals surface area contributed by atoms with Gasteiger partial charge < -0.3 is 14.2 Å². The molecule has 1 amide bonds. The van der Waals surface area contributed by atoms with E-state index in [0.717, 1.165) is 11.1 Å². The van der Waals surface area contributed by atoms with Gasteiger partial charge >= 0.3 is 11.9 Å². The van der Waals surface area contributed by atoms with Crippen molar-refractivity contribution in [2.24, 2.45) is 0 Å². The first kappa shape index (κ1) is 24.8. The normalized spacial score (nSPS) is 14.2. The number of ether oxygens (including phenoxy) is 3. The van der Waals surface area contributed by atoms with Crippen LogP contribution in [0.1, 0.15) is 55.3 Å². The predicted molar refractivity (Wildman–Crippen MR) is 139 cm³/mol. The minimum Gasteiger partial charge on any atom is -0.497 e. The lowest BCUT2D eigenvalue weighted by Gasteiger charge is -2.26. The summed E-state index contributed by atoms with van der Waals surface area (Å²) >= 11 is 0. The Morgan fingerprint density at radius 1 is 0.895 bits per heavy atom. The molecule has 5 rings (SSSR count). The summed E-state index contributed by atoms with van der Waals surface area (Å²) in [6, 6.07) is 20.5. The van der Waals surface area contributed by atoms with Gasteiger partial charge in [-0.15, -0.1) is 0 Å². The number of hydrogen-bond donors (Lipinski definition) is 1. The van der Waals surface area contributed by atoms with Gasteiger partial charge in [-0.2, -0.15) is 5.10 Å². The number of hydrogen-bond acceptors (Lipinski definition) is 7. The van der Waals surface area contributed by atoms with Crippen molar-refractivity contribution in [3.8, 4) is 17.0 Å². The van der Waals surface area contributed by atoms with Crippen molar-refractivity contribution < 1.29 is 28.6 Å². The van der Waals surface area contributed by atoms with Gasteiger partial charge in [0.05, 0.1) is 43.7 Å². The number of nitrogens with one attached hydrogen (secondary N) is 1. The summed E-state index contributed by atoms with van der Waals surface area (Å²) < 4.78 is 15.2. The van der Waals surface area contributed by atoms with Crippen molar-refractivity contribution in [2.45, 2.75) is 13.0 Å². The minimum atomic E-state index is -0.548. The molecule has 1 atom stereocenters. The summed E-state index contributed by atoms with van der Waals surface area (Å²) in [5.41, 5.74) is 4.67. The maximum Gasteiger partial charge on any atom is 0.338 e. The number of aromatic nitrogens is 2. The first-order valence-electron chi connectivity index (χ1n) is 12.0. The maximum absolute atomic E-state index is 13.7. The van der Waals surface area contributed by atoms with Crippen molar-refractivity contribution in [3.63, 3.8) is 0 Å². The second-order valence-electron chi connectivity index (χ2n) is 8.55. The van der Waals surface area contributed by atoms with Crippen LogP contribution in [0.15, 0.2) is 72.8 Å². The number of carbonyl (C=O) groups is 3. The lowest BCUT2D eigenvalue weighted by atomic mass is 9.95. The first-order valence-corrected chi connectivity index (χ1v) is 12.0. The zero-order chi connectivity index (χ0) is 26.8. The molecule has 9 heteroatoms. The summed E-state index contributed by atoms with van der Waals surface area (Å²) in [7, 11) is 2.92. The quantitative estimate of drug-likeness (QED) is 0.355. The van der Waals surface area contributed by atoms with E-state index < -0.39 is 18.0 Å². The van der Waals surface area contributed by atoms with Crippen LogP contribution in [0.2, 0.25) is 0 Å². The smallest absolute Gasteiger partial charge is 0.338 e. The number of aromatic amines is 1. The molecule has 1 aliphatic rings. The van der Waals surface area contributed by atoms with Gasteiger partial charge in [0.15, 0.2) is 0 Å². The van der Waals surface area contributed by atoms with Crippen LogP contribution in [0, 0.1) is 0 Å². The number of fused-ring (bicyclic) bond motifs is 1. The number of amides is 1. The molecule has 2 heterocycles. The average Bonchev–Trinajstić information content (AvgIpc) is 3.51. The van der Waals surface area contributed by atoms with Gasteiger partial charge in [-0.3, -0.25) is 14.8 Å². The van der Waals surface area contributed by atoms with Crippen LogP contribution in [0.25, 0.3) is 11.3 Å². The standard InChI is InChI=1S/C29H25N3O6/c1-4-38-29(35)20-9-13-21(14-10-20)32-26(18-5-7-19(8-6-18)28(34)37-3)23-24(30-31-25(23)27(32)33)17-11-15-22(36-2)16-12-17/h5-16,26H,4H2,1-3H3,(H,30,31)/t26-/m0/s1. The number of anilines is 1. The van der Waals surface area contributed by atoms with E-state index >= 15 is 0 Å². The van der Waals surface area contributed by atoms with Gasteiger partial charge in [0, 0.05) is 16.8 Å². The maximum atomic E-state index is 13.7. The van der Waals surface area contributed by atoms with Gasteiger partial charge in [-0.1, -0.05) is 12.1 Å². The Bertz CT molecular complexity index is 1490. The topological polar surface area (TPSA) is 111 Å². The van der Waals surface area contributed by atoms with E-state index in [4.69, 9.17) is 14.2 Å². The first-order chi connectivity index (χ1) is 18.5. The highest BCUT2D eigenvalue weighted by Crippen LogP contribution is 2.45. The SMILES string of the molecule is CCOC(=O)c1ccc(N2C(=O)c3[nH]nc(-c4ccc(OC)cc4)c3[C@@H]2c2ccc(C(=O)OC)cc2)cc1. The average molecular weight is 512 g/mol. The van der Waals surface area contributed by atoms with Crippen LogP contribution in [-0.2, 0) is 9.47 Å². The Kier molecular flexibility index (Phi) is 6.66. The van der Waals surface area contributed by atoms with E-state index in [9.17, 15) is 14.4 Å². The number of rotatable bonds is 7. The highest BCUT2D eigenvalue weighted by Gasteiger charge is 2.43. The highest BCUT2D eigenvalue weighted by molar-refractivity contribution is 6.12. The van der Waals surface area contributed by atoms with Crippen LogP contribution in [0.3, 0.4) is 0 Å². The third-order valence-electron chi connectivity index (χ3n) is 6.44. The number of nitrogens with zero attached hydrogens (tertiary/aromatic N) is 2. The Labute approximate surface area is 218 Å². The number of H-pyrrole nitrogens is 1. The molecule has 0 saturated carbocycles. The lowest BCUT2D eigenvalue weighted by molar-refractivity contribution is 0.0525. The fraction of sp³-hybridized carbons (Fsp3) is 0.172. The van der Waals surface area contributed by atoms with Crippen LogP contribution in [-0.4, -0.2) is 48.9 Å². The molecule has 0 aliphatic carbocycles. The zero-order valence-corrected chi connectivity index (χ0v) is 21.1. The van der Waals surface area contributed by atoms with E-state index in [-0.39, 0.29) is 12.5 Å². The second kappa shape index (κ2) is 10.2. The number of carbonyl (C=O) groups excluding carboxylic acids is 3. The Hall–Kier alpha value is -4.92. The van der Waals surface area contributed by atoms with Gasteiger partial charge in [-0.05, 0) is 73.2 Å². The predicted octanol–water partition coefficient (Wildman–Crippen LogP) is 4.80. The molecule has 38 heavy (non-hydrogen) atoms. The molecule has 0 unspecified atom stereocenters. The van der Waals surface area contributed by atoms with E-state index in [1.165, 1.54) is 7.11 Å². The van der Waals surface area contributed by atoms with Crippen molar-refractivity contribution in [1.82, 2.24) is 10.2 Å². The molecular weight excluding hydrogens is 486 g/mol. The Balaban J connectivity index is 1.62. The number of benzene rings is 3. The molecule has 4 aromatic rings. The van der Waals surface area contributed by atoms with Crippen molar-refractivity contribution in [2.75, 3.05) is 25.7 Å². The third kappa shape index (κ3) is 4.28. The van der Waals surface area contributed by atoms with E-state index in [1.807, 2.05) is 24.3 Å². The third-order valence-corrected chi connectivity index (χ3v) is 6.44. The van der Waals surface area contributed by atoms with Gasteiger partial charge in [0.2, 0.25) is 0 Å². The molecule has 1 aliphatic heterocycles. The van der Waals surface area contributed by atoms with Crippen molar-refractivity contribution in [1.29, 1.82) is 0 Å². The van der Waals surface area contributed by atoms with Gasteiger partial charge in [0.25, 0.3) is 5.91 Å². The molecule has 0 saturated heterocycles. The van der Waals surface area contributed by atoms with Gasteiger partial charge in [0.1, 0.15) is 11.4 Å². The Morgan fingerprint density at radius 3 is 2.13 bits per heavy atom. The van der Waals surface area contributed by atoms with E-state index in [1.54, 1.807) is 67.5 Å². The molecule has 0 spiro atoms. The van der Waals surface area contributed by atoms with E-state index in [2.05, 4.69) is 10.2 Å². The monoisotopic (exact) mass is 511 g/mol. The van der Waals surface area contributed by atoms with Crippen LogP contribution in [0.5, 0.6) is 5.75 Å². The molecule has 192 valence electrons. The molecule has 1 N–H and O–H groups in total. The largest absolute Gasteiger partial charge is 0.497 e. The number of methoxy groups -OCH3 is 2. The molecule has 0 bridgehead atoms. The molecule has 3 aromatic carbocycles. The number of esters is 2. The fourth-order valence-corrected chi connectivity index (χ4v) is 4.59. The molecular formula is C29H25N3O6. The van der Waals surface area contributed by atoms with Crippen LogP contribution < -0.4 is 9.64 Å².